The van der Waals surface area contributed by atoms with Gasteiger partial charge in [-0.2, -0.15) is 8.78 Å². The van der Waals surface area contributed by atoms with E-state index in [4.69, 9.17) is 10.2 Å². The average molecular weight is 276 g/mol. The van der Waals surface area contributed by atoms with E-state index in [0.29, 0.717) is 0 Å². The lowest BCUT2D eigenvalue weighted by Crippen LogP contribution is -2.01. The van der Waals surface area contributed by atoms with Gasteiger partial charge in [-0.15, -0.1) is 0 Å². The minimum Gasteiger partial charge on any atom is -0.505 e. The van der Waals surface area contributed by atoms with Crippen molar-refractivity contribution in [1.29, 1.82) is 0 Å². The Morgan fingerprint density at radius 2 is 1.21 bits per heavy atom. The van der Waals surface area contributed by atoms with Gasteiger partial charge in [0.15, 0.2) is 29.0 Å². The second-order valence-corrected chi connectivity index (χ2v) is 3.62. The summed E-state index contributed by atoms with van der Waals surface area (Å²) >= 11 is 0. The molecule has 0 aliphatic heterocycles. The van der Waals surface area contributed by atoms with Gasteiger partial charge in [0.25, 0.3) is 0 Å². The first-order chi connectivity index (χ1) is 8.86. The molecule has 7 heteroatoms. The molecule has 2 N–H and O–H groups in total. The van der Waals surface area contributed by atoms with Gasteiger partial charge >= 0.3 is 0 Å². The Hall–Kier alpha value is -2.31. The summed E-state index contributed by atoms with van der Waals surface area (Å²) in [5.41, 5.74) is -2.21. The smallest absolute Gasteiger partial charge is 0.204 e. The molecule has 0 saturated carbocycles. The molecule has 0 heterocycles. The molecular formula is C12H5F5O2. The maximum atomic E-state index is 13.5. The minimum absolute atomic E-state index is 0.826. The van der Waals surface area contributed by atoms with E-state index in [2.05, 4.69) is 0 Å². The third-order valence-electron chi connectivity index (χ3n) is 2.49. The maximum Gasteiger partial charge on any atom is 0.204 e. The molecule has 0 saturated heterocycles. The minimum atomic E-state index is -2.04. The van der Waals surface area contributed by atoms with Gasteiger partial charge in [-0.3, -0.25) is 0 Å². The van der Waals surface area contributed by atoms with Crippen LogP contribution in [0.2, 0.25) is 0 Å². The van der Waals surface area contributed by atoms with Crippen molar-refractivity contribution in [3.8, 4) is 22.6 Å². The Morgan fingerprint density at radius 1 is 0.684 bits per heavy atom. The molecule has 0 atom stereocenters. The van der Waals surface area contributed by atoms with Crippen molar-refractivity contribution in [3.05, 3.63) is 47.3 Å². The van der Waals surface area contributed by atoms with Crippen LogP contribution >= 0.6 is 0 Å². The lowest BCUT2D eigenvalue weighted by molar-refractivity contribution is 0.358. The molecule has 0 bridgehead atoms. The first-order valence-corrected chi connectivity index (χ1v) is 4.89. The summed E-state index contributed by atoms with van der Waals surface area (Å²) in [6.45, 7) is 0. The molecule has 0 amide bonds. The zero-order chi connectivity index (χ0) is 14.3. The summed E-state index contributed by atoms with van der Waals surface area (Å²) in [5, 5.41) is 17.9. The van der Waals surface area contributed by atoms with Crippen molar-refractivity contribution in [3.63, 3.8) is 0 Å². The van der Waals surface area contributed by atoms with Gasteiger partial charge in [0.2, 0.25) is 11.6 Å². The third-order valence-corrected chi connectivity index (χ3v) is 2.49. The fourth-order valence-corrected chi connectivity index (χ4v) is 1.57. The fraction of sp³-hybridized carbons (Fsp3) is 0. The molecular weight excluding hydrogens is 271 g/mol. The van der Waals surface area contributed by atoms with Crippen molar-refractivity contribution in [2.45, 2.75) is 0 Å². The van der Waals surface area contributed by atoms with Crippen LogP contribution in [0.15, 0.2) is 18.2 Å². The van der Waals surface area contributed by atoms with Crippen LogP contribution < -0.4 is 0 Å². The highest BCUT2D eigenvalue weighted by Gasteiger charge is 2.28. The van der Waals surface area contributed by atoms with Crippen molar-refractivity contribution < 1.29 is 32.2 Å². The van der Waals surface area contributed by atoms with Crippen LogP contribution in [0, 0.1) is 29.1 Å². The number of rotatable bonds is 1. The molecule has 19 heavy (non-hydrogen) atoms. The van der Waals surface area contributed by atoms with E-state index in [9.17, 15) is 22.0 Å². The quantitative estimate of drug-likeness (QED) is 0.618. The van der Waals surface area contributed by atoms with Crippen LogP contribution in [-0.2, 0) is 0 Å². The van der Waals surface area contributed by atoms with E-state index in [1.165, 1.54) is 0 Å². The van der Waals surface area contributed by atoms with Gasteiger partial charge in [-0.1, -0.05) is 12.1 Å². The topological polar surface area (TPSA) is 40.5 Å². The average Bonchev–Trinajstić information content (AvgIpc) is 2.39. The van der Waals surface area contributed by atoms with Gasteiger partial charge in [0.05, 0.1) is 5.56 Å². The maximum absolute atomic E-state index is 13.5. The zero-order valence-corrected chi connectivity index (χ0v) is 9.02. The summed E-state index contributed by atoms with van der Waals surface area (Å²) in [4.78, 5) is 0. The molecule has 0 spiro atoms. The van der Waals surface area contributed by atoms with E-state index in [0.717, 1.165) is 18.2 Å². The monoisotopic (exact) mass is 276 g/mol. The normalized spacial score (nSPS) is 10.8. The highest BCUT2D eigenvalue weighted by molar-refractivity contribution is 5.68. The number of phenols is 2. The lowest BCUT2D eigenvalue weighted by atomic mass is 10.0. The van der Waals surface area contributed by atoms with E-state index in [-0.39, 0.29) is 0 Å². The SMILES string of the molecule is Oc1cccc(-c2c(F)c(F)c(O)c(F)c2F)c1F. The predicted octanol–water partition coefficient (Wildman–Crippen LogP) is 3.46. The van der Waals surface area contributed by atoms with Crippen LogP contribution in [-0.4, -0.2) is 10.2 Å². The van der Waals surface area contributed by atoms with E-state index < -0.39 is 51.7 Å². The molecule has 0 radical (unpaired) electrons. The molecule has 2 nitrogen and oxygen atoms in total. The number of phenolic OH excluding ortho intramolecular Hbond substituents is 2. The zero-order valence-electron chi connectivity index (χ0n) is 9.02. The standard InChI is InChI=1S/C12H5F5O2/c13-7-4(2-1-3-5(7)18)6-8(14)10(16)12(19)11(17)9(6)15/h1-3,18-19H. The van der Waals surface area contributed by atoms with Crippen molar-refractivity contribution in [2.75, 3.05) is 0 Å². The van der Waals surface area contributed by atoms with E-state index in [1.807, 2.05) is 0 Å². The Morgan fingerprint density at radius 3 is 1.74 bits per heavy atom. The molecule has 0 unspecified atom stereocenters. The summed E-state index contributed by atoms with van der Waals surface area (Å²) in [6.07, 6.45) is 0. The Balaban J connectivity index is 2.87. The fourth-order valence-electron chi connectivity index (χ4n) is 1.57. The van der Waals surface area contributed by atoms with Gasteiger partial charge < -0.3 is 10.2 Å². The molecule has 0 aliphatic rings. The molecule has 100 valence electrons. The summed E-state index contributed by atoms with van der Waals surface area (Å²) in [6, 6.07) is 2.75. The molecule has 0 aliphatic carbocycles. The number of halogens is 5. The van der Waals surface area contributed by atoms with Crippen molar-refractivity contribution in [1.82, 2.24) is 0 Å². The second kappa shape index (κ2) is 4.42. The number of hydrogen-bond acceptors (Lipinski definition) is 2. The second-order valence-electron chi connectivity index (χ2n) is 3.62. The molecule has 0 aromatic heterocycles. The van der Waals surface area contributed by atoms with Crippen LogP contribution in [0.3, 0.4) is 0 Å². The molecule has 2 aromatic rings. The predicted molar refractivity (Wildman–Crippen MR) is 55.0 cm³/mol. The van der Waals surface area contributed by atoms with Gasteiger partial charge in [0.1, 0.15) is 0 Å². The van der Waals surface area contributed by atoms with E-state index >= 15 is 0 Å². The Bertz CT molecular complexity index is 641. The van der Waals surface area contributed by atoms with Crippen LogP contribution in [0.1, 0.15) is 0 Å². The van der Waals surface area contributed by atoms with Crippen LogP contribution in [0.5, 0.6) is 11.5 Å². The van der Waals surface area contributed by atoms with Gasteiger partial charge in [-0.25, -0.2) is 13.2 Å². The Kier molecular flexibility index (Phi) is 3.05. The highest BCUT2D eigenvalue weighted by atomic mass is 19.2. The number of hydrogen-bond donors (Lipinski definition) is 2. The number of benzene rings is 2. The van der Waals surface area contributed by atoms with Crippen molar-refractivity contribution in [2.24, 2.45) is 0 Å². The summed E-state index contributed by atoms with van der Waals surface area (Å²) in [5.74, 6) is -12.2. The Labute approximate surface area is 103 Å². The van der Waals surface area contributed by atoms with Crippen LogP contribution in [0.4, 0.5) is 22.0 Å². The first kappa shape index (κ1) is 13.1. The van der Waals surface area contributed by atoms with E-state index in [1.54, 1.807) is 0 Å². The summed E-state index contributed by atoms with van der Waals surface area (Å²) in [7, 11) is 0. The number of aromatic hydroxyl groups is 2. The largest absolute Gasteiger partial charge is 0.505 e. The first-order valence-electron chi connectivity index (χ1n) is 4.89. The van der Waals surface area contributed by atoms with Crippen LogP contribution in [0.25, 0.3) is 11.1 Å². The lowest BCUT2D eigenvalue weighted by Gasteiger charge is -2.10. The third kappa shape index (κ3) is 1.87. The van der Waals surface area contributed by atoms with Gasteiger partial charge in [0, 0.05) is 5.56 Å². The molecule has 2 rings (SSSR count). The highest BCUT2D eigenvalue weighted by Crippen LogP contribution is 2.37. The molecule has 2 aromatic carbocycles. The van der Waals surface area contributed by atoms with Gasteiger partial charge in [-0.05, 0) is 6.07 Å². The molecule has 0 fully saturated rings. The summed E-state index contributed by atoms with van der Waals surface area (Å²) < 4.78 is 66.8. The van der Waals surface area contributed by atoms with Crippen molar-refractivity contribution >= 4 is 0 Å².